The third kappa shape index (κ3) is 2.93. The molecular formula is C12H15FINO. The molecule has 0 atom stereocenters. The zero-order valence-corrected chi connectivity index (χ0v) is 11.5. The number of benzene rings is 1. The van der Waals surface area contributed by atoms with Crippen LogP contribution in [0.1, 0.15) is 11.1 Å². The molecule has 1 saturated heterocycles. The molecule has 0 saturated carbocycles. The molecular weight excluding hydrogens is 320 g/mol. The highest BCUT2D eigenvalue weighted by molar-refractivity contribution is 14.1. The third-order valence-corrected chi connectivity index (χ3v) is 3.54. The number of rotatable bonds is 2. The second-order valence-corrected chi connectivity index (χ2v) is 5.31. The Labute approximate surface area is 109 Å². The molecule has 1 fully saturated rings. The minimum Gasteiger partial charge on any atom is -0.379 e. The molecule has 88 valence electrons. The number of morpholine rings is 1. The van der Waals surface area contributed by atoms with Crippen molar-refractivity contribution >= 4 is 22.6 Å². The molecule has 0 aliphatic carbocycles. The van der Waals surface area contributed by atoms with E-state index in [0.29, 0.717) is 0 Å². The van der Waals surface area contributed by atoms with Gasteiger partial charge in [-0.2, -0.15) is 0 Å². The normalized spacial score (nSPS) is 17.7. The molecule has 1 aromatic carbocycles. The van der Waals surface area contributed by atoms with Gasteiger partial charge in [0.2, 0.25) is 0 Å². The minimum atomic E-state index is -0.102. The summed E-state index contributed by atoms with van der Waals surface area (Å²) >= 11 is 2.16. The van der Waals surface area contributed by atoms with E-state index in [1.165, 1.54) is 0 Å². The minimum absolute atomic E-state index is 0.102. The average Bonchev–Trinajstić information content (AvgIpc) is 2.27. The van der Waals surface area contributed by atoms with Crippen LogP contribution in [0.3, 0.4) is 0 Å². The highest BCUT2D eigenvalue weighted by Gasteiger charge is 2.13. The number of halogens is 2. The first-order chi connectivity index (χ1) is 7.66. The predicted molar refractivity (Wildman–Crippen MR) is 70.0 cm³/mol. The highest BCUT2D eigenvalue weighted by Crippen LogP contribution is 2.19. The van der Waals surface area contributed by atoms with Gasteiger partial charge in [0, 0.05) is 23.2 Å². The van der Waals surface area contributed by atoms with Crippen molar-refractivity contribution in [3.63, 3.8) is 0 Å². The topological polar surface area (TPSA) is 12.5 Å². The van der Waals surface area contributed by atoms with E-state index in [1.807, 2.05) is 6.92 Å². The fraction of sp³-hybridized carbons (Fsp3) is 0.500. The van der Waals surface area contributed by atoms with Crippen LogP contribution in [0.2, 0.25) is 0 Å². The second-order valence-electron chi connectivity index (χ2n) is 4.06. The van der Waals surface area contributed by atoms with Crippen molar-refractivity contribution in [2.75, 3.05) is 26.3 Å². The summed E-state index contributed by atoms with van der Waals surface area (Å²) in [6.07, 6.45) is 0. The Hall–Kier alpha value is -0.200. The van der Waals surface area contributed by atoms with E-state index in [2.05, 4.69) is 33.6 Å². The first kappa shape index (κ1) is 12.3. The summed E-state index contributed by atoms with van der Waals surface area (Å²) in [6, 6.07) is 3.65. The molecule has 4 heteroatoms. The monoisotopic (exact) mass is 335 g/mol. The van der Waals surface area contributed by atoms with Gasteiger partial charge in [0.25, 0.3) is 0 Å². The molecule has 0 N–H and O–H groups in total. The maximum absolute atomic E-state index is 13.5. The Morgan fingerprint density at radius 2 is 2.06 bits per heavy atom. The highest BCUT2D eigenvalue weighted by atomic mass is 127. The first-order valence-electron chi connectivity index (χ1n) is 5.41. The standard InChI is InChI=1S/C12H15FINO/c1-9-10(6-11(14)7-12(9)13)8-15-2-4-16-5-3-15/h6-7H,2-5,8H2,1H3. The molecule has 1 aliphatic rings. The lowest BCUT2D eigenvalue weighted by molar-refractivity contribution is 0.0340. The number of nitrogens with zero attached hydrogens (tertiary/aromatic N) is 1. The summed E-state index contributed by atoms with van der Waals surface area (Å²) in [5.74, 6) is -0.102. The van der Waals surface area contributed by atoms with Crippen molar-refractivity contribution in [3.8, 4) is 0 Å². The van der Waals surface area contributed by atoms with Crippen LogP contribution in [0, 0.1) is 16.3 Å². The van der Waals surface area contributed by atoms with Crippen LogP contribution < -0.4 is 0 Å². The lowest BCUT2D eigenvalue weighted by atomic mass is 10.1. The van der Waals surface area contributed by atoms with Crippen molar-refractivity contribution in [1.82, 2.24) is 4.90 Å². The van der Waals surface area contributed by atoms with Crippen LogP contribution in [-0.4, -0.2) is 31.2 Å². The quantitative estimate of drug-likeness (QED) is 0.771. The molecule has 0 spiro atoms. The van der Waals surface area contributed by atoms with Gasteiger partial charge in [-0.1, -0.05) is 0 Å². The zero-order valence-electron chi connectivity index (χ0n) is 9.30. The van der Waals surface area contributed by atoms with Crippen LogP contribution in [0.5, 0.6) is 0 Å². The largest absolute Gasteiger partial charge is 0.379 e. The van der Waals surface area contributed by atoms with E-state index < -0.39 is 0 Å². The Kier molecular flexibility index (Phi) is 4.16. The van der Waals surface area contributed by atoms with Gasteiger partial charge in [0.15, 0.2) is 0 Å². The van der Waals surface area contributed by atoms with Gasteiger partial charge < -0.3 is 4.74 Å². The zero-order chi connectivity index (χ0) is 11.5. The molecule has 0 bridgehead atoms. The van der Waals surface area contributed by atoms with Gasteiger partial charge in [-0.25, -0.2) is 4.39 Å². The number of ether oxygens (including phenoxy) is 1. The van der Waals surface area contributed by atoms with Crippen LogP contribution in [-0.2, 0) is 11.3 Å². The molecule has 0 unspecified atom stereocenters. The lowest BCUT2D eigenvalue weighted by Gasteiger charge is -2.27. The van der Waals surface area contributed by atoms with E-state index >= 15 is 0 Å². The summed E-state index contributed by atoms with van der Waals surface area (Å²) in [5, 5.41) is 0. The van der Waals surface area contributed by atoms with Crippen LogP contribution in [0.15, 0.2) is 12.1 Å². The van der Waals surface area contributed by atoms with E-state index in [1.54, 1.807) is 6.07 Å². The lowest BCUT2D eigenvalue weighted by Crippen LogP contribution is -2.35. The molecule has 16 heavy (non-hydrogen) atoms. The molecule has 2 nitrogen and oxygen atoms in total. The van der Waals surface area contributed by atoms with Gasteiger partial charge in [-0.15, -0.1) is 0 Å². The van der Waals surface area contributed by atoms with Crippen molar-refractivity contribution in [2.24, 2.45) is 0 Å². The summed E-state index contributed by atoms with van der Waals surface area (Å²) in [4.78, 5) is 2.31. The van der Waals surface area contributed by atoms with E-state index in [-0.39, 0.29) is 5.82 Å². The van der Waals surface area contributed by atoms with Gasteiger partial charge in [0.05, 0.1) is 13.2 Å². The molecule has 1 aromatic rings. The Morgan fingerprint density at radius 3 is 2.75 bits per heavy atom. The molecule has 1 aliphatic heterocycles. The van der Waals surface area contributed by atoms with Gasteiger partial charge in [0.1, 0.15) is 5.82 Å². The Bertz CT molecular complexity index is 378. The summed E-state index contributed by atoms with van der Waals surface area (Å²) in [7, 11) is 0. The fourth-order valence-corrected chi connectivity index (χ4v) is 2.51. The molecule has 2 rings (SSSR count). The van der Waals surface area contributed by atoms with Crippen molar-refractivity contribution in [3.05, 3.63) is 32.6 Å². The van der Waals surface area contributed by atoms with Gasteiger partial charge in [-0.3, -0.25) is 4.90 Å². The molecule has 0 radical (unpaired) electrons. The fourth-order valence-electron chi connectivity index (χ4n) is 1.86. The molecule has 0 amide bonds. The van der Waals surface area contributed by atoms with E-state index in [0.717, 1.165) is 47.5 Å². The average molecular weight is 335 g/mol. The second kappa shape index (κ2) is 5.42. The van der Waals surface area contributed by atoms with Crippen molar-refractivity contribution in [1.29, 1.82) is 0 Å². The summed E-state index contributed by atoms with van der Waals surface area (Å²) in [5.41, 5.74) is 1.86. The van der Waals surface area contributed by atoms with E-state index in [9.17, 15) is 4.39 Å². The molecule has 1 heterocycles. The van der Waals surface area contributed by atoms with Crippen LogP contribution >= 0.6 is 22.6 Å². The Balaban J connectivity index is 2.13. The third-order valence-electron chi connectivity index (χ3n) is 2.91. The summed E-state index contributed by atoms with van der Waals surface area (Å²) < 4.78 is 19.8. The maximum Gasteiger partial charge on any atom is 0.127 e. The smallest absolute Gasteiger partial charge is 0.127 e. The van der Waals surface area contributed by atoms with Crippen LogP contribution in [0.4, 0.5) is 4.39 Å². The van der Waals surface area contributed by atoms with Crippen molar-refractivity contribution < 1.29 is 9.13 Å². The van der Waals surface area contributed by atoms with E-state index in [4.69, 9.17) is 4.74 Å². The maximum atomic E-state index is 13.5. The van der Waals surface area contributed by atoms with Gasteiger partial charge >= 0.3 is 0 Å². The SMILES string of the molecule is Cc1c(F)cc(I)cc1CN1CCOCC1. The Morgan fingerprint density at radius 1 is 1.38 bits per heavy atom. The summed E-state index contributed by atoms with van der Waals surface area (Å²) in [6.45, 7) is 6.11. The van der Waals surface area contributed by atoms with Crippen LogP contribution in [0.25, 0.3) is 0 Å². The molecule has 0 aromatic heterocycles. The predicted octanol–water partition coefficient (Wildman–Crippen LogP) is 2.57. The van der Waals surface area contributed by atoms with Crippen molar-refractivity contribution in [2.45, 2.75) is 13.5 Å². The van der Waals surface area contributed by atoms with Gasteiger partial charge in [-0.05, 0) is 52.8 Å². The number of hydrogen-bond acceptors (Lipinski definition) is 2. The first-order valence-corrected chi connectivity index (χ1v) is 6.49. The number of hydrogen-bond donors (Lipinski definition) is 0.